The summed E-state index contributed by atoms with van der Waals surface area (Å²) in [6.45, 7) is 8.62. The van der Waals surface area contributed by atoms with Crippen LogP contribution in [0.15, 0.2) is 24.3 Å². The van der Waals surface area contributed by atoms with Crippen molar-refractivity contribution in [3.05, 3.63) is 35.4 Å². The number of hydrogen-bond acceptors (Lipinski definition) is 2. The van der Waals surface area contributed by atoms with Gasteiger partial charge >= 0.3 is 0 Å². The Kier molecular flexibility index (Phi) is 8.07. The number of hydrogen-bond donors (Lipinski definition) is 1. The third-order valence-corrected chi connectivity index (χ3v) is 5.22. The molecule has 1 N–H and O–H groups in total. The van der Waals surface area contributed by atoms with Crippen molar-refractivity contribution in [1.82, 2.24) is 10.2 Å². The second kappa shape index (κ2) is 9.29. The van der Waals surface area contributed by atoms with Gasteiger partial charge in [-0.3, -0.25) is 4.79 Å². The van der Waals surface area contributed by atoms with E-state index in [1.54, 1.807) is 0 Å². The highest BCUT2D eigenvalue weighted by atomic mass is 35.5. The Bertz CT molecular complexity index is 483. The number of carbonyl (C=O) groups excluding carboxylic acids is 1. The Balaban J connectivity index is 0.00000264. The van der Waals surface area contributed by atoms with E-state index in [-0.39, 0.29) is 24.4 Å². The van der Waals surface area contributed by atoms with E-state index >= 15 is 0 Å². The second-order valence-electron chi connectivity index (χ2n) is 6.86. The minimum Gasteiger partial charge on any atom is -0.339 e. The first-order valence-corrected chi connectivity index (χ1v) is 8.52. The van der Waals surface area contributed by atoms with Gasteiger partial charge < -0.3 is 10.2 Å². The molecule has 0 bridgehead atoms. The molecule has 1 heterocycles. The lowest BCUT2D eigenvalue weighted by Gasteiger charge is -2.31. The fourth-order valence-electron chi connectivity index (χ4n) is 3.28. The molecule has 0 aromatic heterocycles. The lowest BCUT2D eigenvalue weighted by molar-refractivity contribution is -0.133. The van der Waals surface area contributed by atoms with Crippen LogP contribution < -0.4 is 5.32 Å². The van der Waals surface area contributed by atoms with E-state index in [0.717, 1.165) is 13.1 Å². The number of benzene rings is 1. The number of nitrogens with one attached hydrogen (secondary N) is 1. The fourth-order valence-corrected chi connectivity index (χ4v) is 3.28. The van der Waals surface area contributed by atoms with Crippen LogP contribution >= 0.6 is 12.4 Å². The van der Waals surface area contributed by atoms with Gasteiger partial charge in [0, 0.05) is 13.5 Å². The topological polar surface area (TPSA) is 32.3 Å². The Morgan fingerprint density at radius 3 is 2.35 bits per heavy atom. The van der Waals surface area contributed by atoms with Crippen LogP contribution in [-0.4, -0.2) is 30.9 Å². The van der Waals surface area contributed by atoms with Crippen LogP contribution in [0.1, 0.15) is 50.3 Å². The summed E-state index contributed by atoms with van der Waals surface area (Å²) in [6, 6.07) is 8.61. The van der Waals surface area contributed by atoms with Crippen molar-refractivity contribution in [2.45, 2.75) is 46.1 Å². The monoisotopic (exact) mass is 338 g/mol. The van der Waals surface area contributed by atoms with Gasteiger partial charge in [-0.1, -0.05) is 36.8 Å². The number of halogens is 1. The summed E-state index contributed by atoms with van der Waals surface area (Å²) >= 11 is 0. The normalized spacial score (nSPS) is 17.9. The highest BCUT2D eigenvalue weighted by molar-refractivity contribution is 5.85. The highest BCUT2D eigenvalue weighted by Gasteiger charge is 2.25. The Hall–Kier alpha value is -1.06. The largest absolute Gasteiger partial charge is 0.339 e. The maximum atomic E-state index is 12.6. The van der Waals surface area contributed by atoms with E-state index in [2.05, 4.69) is 50.4 Å². The van der Waals surface area contributed by atoms with Crippen molar-refractivity contribution in [3.8, 4) is 0 Å². The summed E-state index contributed by atoms with van der Waals surface area (Å²) in [5.74, 6) is 1.43. The van der Waals surface area contributed by atoms with E-state index in [0.29, 0.717) is 18.3 Å². The molecule has 23 heavy (non-hydrogen) atoms. The smallest absolute Gasteiger partial charge is 0.223 e. The van der Waals surface area contributed by atoms with Crippen LogP contribution in [0.25, 0.3) is 0 Å². The van der Waals surface area contributed by atoms with Gasteiger partial charge in [-0.2, -0.15) is 0 Å². The van der Waals surface area contributed by atoms with Gasteiger partial charge in [-0.05, 0) is 57.2 Å². The van der Waals surface area contributed by atoms with Gasteiger partial charge in [0.2, 0.25) is 5.91 Å². The lowest BCUT2D eigenvalue weighted by atomic mass is 9.84. The predicted molar refractivity (Wildman–Crippen MR) is 99.0 cm³/mol. The number of piperidine rings is 1. The lowest BCUT2D eigenvalue weighted by Crippen LogP contribution is -2.35. The summed E-state index contributed by atoms with van der Waals surface area (Å²) < 4.78 is 0. The van der Waals surface area contributed by atoms with Gasteiger partial charge in [0.1, 0.15) is 0 Å². The summed E-state index contributed by atoms with van der Waals surface area (Å²) in [5, 5.41) is 3.39. The van der Waals surface area contributed by atoms with E-state index in [1.165, 1.54) is 24.0 Å². The zero-order valence-corrected chi connectivity index (χ0v) is 15.7. The van der Waals surface area contributed by atoms with Crippen molar-refractivity contribution in [1.29, 1.82) is 0 Å². The van der Waals surface area contributed by atoms with Crippen molar-refractivity contribution in [3.63, 3.8) is 0 Å². The van der Waals surface area contributed by atoms with Crippen molar-refractivity contribution >= 4 is 18.3 Å². The molecule has 1 fully saturated rings. The second-order valence-corrected chi connectivity index (χ2v) is 6.86. The van der Waals surface area contributed by atoms with E-state index < -0.39 is 0 Å². The van der Waals surface area contributed by atoms with E-state index in [9.17, 15) is 4.79 Å². The first-order valence-electron chi connectivity index (χ1n) is 8.52. The van der Waals surface area contributed by atoms with Crippen molar-refractivity contribution in [2.75, 3.05) is 20.1 Å². The summed E-state index contributed by atoms with van der Waals surface area (Å²) in [4.78, 5) is 14.5. The van der Waals surface area contributed by atoms with Crippen LogP contribution in [0.5, 0.6) is 0 Å². The molecule has 1 aromatic rings. The average molecular weight is 339 g/mol. The molecule has 2 rings (SSSR count). The quantitative estimate of drug-likeness (QED) is 0.881. The molecule has 1 aliphatic heterocycles. The van der Waals surface area contributed by atoms with Gasteiger partial charge in [-0.15, -0.1) is 12.4 Å². The van der Waals surface area contributed by atoms with Crippen molar-refractivity contribution < 1.29 is 4.79 Å². The molecule has 0 saturated carbocycles. The van der Waals surface area contributed by atoms with Crippen LogP contribution in [0.4, 0.5) is 0 Å². The summed E-state index contributed by atoms with van der Waals surface area (Å²) in [6.07, 6.45) is 3.06. The highest BCUT2D eigenvalue weighted by Crippen LogP contribution is 2.27. The molecular weight excluding hydrogens is 308 g/mol. The minimum atomic E-state index is 0. The minimum absolute atomic E-state index is 0. The van der Waals surface area contributed by atoms with Crippen molar-refractivity contribution in [2.24, 2.45) is 11.8 Å². The molecular formula is C19H31ClN2O. The van der Waals surface area contributed by atoms with Gasteiger partial charge in [-0.25, -0.2) is 0 Å². The molecule has 1 amide bonds. The molecule has 130 valence electrons. The first kappa shape index (κ1) is 20.0. The van der Waals surface area contributed by atoms with Gasteiger partial charge in [0.25, 0.3) is 0 Å². The summed E-state index contributed by atoms with van der Waals surface area (Å²) in [7, 11) is 1.93. The van der Waals surface area contributed by atoms with Gasteiger partial charge in [0.15, 0.2) is 0 Å². The Labute approximate surface area is 147 Å². The number of nitrogens with zero attached hydrogens (tertiary/aromatic N) is 1. The summed E-state index contributed by atoms with van der Waals surface area (Å²) in [5.41, 5.74) is 2.46. The zero-order chi connectivity index (χ0) is 16.1. The molecule has 1 saturated heterocycles. The molecule has 0 radical (unpaired) electrons. The molecule has 0 spiro atoms. The Morgan fingerprint density at radius 1 is 1.22 bits per heavy atom. The third kappa shape index (κ3) is 5.50. The molecule has 1 aliphatic rings. The maximum Gasteiger partial charge on any atom is 0.223 e. The molecule has 0 aliphatic carbocycles. The zero-order valence-electron chi connectivity index (χ0n) is 14.8. The van der Waals surface area contributed by atoms with E-state index in [1.807, 2.05) is 11.9 Å². The SMILES string of the molecule is Cc1ccc(C(C)N(C)C(=O)CC(C)C2CCNCC2)cc1.Cl. The van der Waals surface area contributed by atoms with E-state index in [4.69, 9.17) is 0 Å². The fraction of sp³-hybridized carbons (Fsp3) is 0.632. The molecule has 4 heteroatoms. The van der Waals surface area contributed by atoms with Gasteiger partial charge in [0.05, 0.1) is 6.04 Å². The predicted octanol–water partition coefficient (Wildman–Crippen LogP) is 3.96. The molecule has 2 unspecified atom stereocenters. The molecule has 2 atom stereocenters. The van der Waals surface area contributed by atoms with Crippen LogP contribution in [0, 0.1) is 18.8 Å². The Morgan fingerprint density at radius 2 is 1.78 bits per heavy atom. The number of amides is 1. The maximum absolute atomic E-state index is 12.6. The number of rotatable bonds is 5. The molecule has 3 nitrogen and oxygen atoms in total. The third-order valence-electron chi connectivity index (χ3n) is 5.22. The number of carbonyl (C=O) groups is 1. The van der Waals surface area contributed by atoms with Crippen LogP contribution in [0.2, 0.25) is 0 Å². The van der Waals surface area contributed by atoms with Crippen LogP contribution in [0.3, 0.4) is 0 Å². The van der Waals surface area contributed by atoms with Crippen LogP contribution in [-0.2, 0) is 4.79 Å². The first-order chi connectivity index (χ1) is 10.5. The average Bonchev–Trinajstić information content (AvgIpc) is 2.55. The molecule has 1 aromatic carbocycles. The standard InChI is InChI=1S/C19H30N2O.ClH/c1-14-5-7-18(8-6-14)16(3)21(4)19(22)13-15(2)17-9-11-20-12-10-17;/h5-8,15-17,20H,9-13H2,1-4H3;1H. The number of aryl methyl sites for hydroxylation is 1.